The Morgan fingerprint density at radius 1 is 0.426 bits per heavy atom. The van der Waals surface area contributed by atoms with Crippen LogP contribution in [0.4, 0.5) is 0 Å². The van der Waals surface area contributed by atoms with Crippen LogP contribution in [0.2, 0.25) is 0 Å². The minimum atomic E-state index is -0.791. The van der Waals surface area contributed by atoms with Crippen molar-refractivity contribution in [1.29, 1.82) is 0 Å². The Morgan fingerprint density at radius 3 is 0.870 bits per heavy atom. The lowest BCUT2D eigenvalue weighted by atomic mass is 9.85. The highest BCUT2D eigenvalue weighted by Gasteiger charge is 2.18. The van der Waals surface area contributed by atoms with Gasteiger partial charge in [-0.05, 0) is 53.1 Å². The lowest BCUT2D eigenvalue weighted by molar-refractivity contribution is -0.0178. The summed E-state index contributed by atoms with van der Waals surface area (Å²) in [6.07, 6.45) is 0.0694. The molecule has 4 rings (SSSR count). The molecule has 302 valence electrons. The maximum atomic E-state index is 11.9. The number of hydrogen-bond donors (Lipinski definition) is 0. The number of methoxy groups -OCH3 is 9. The highest BCUT2D eigenvalue weighted by Crippen LogP contribution is 2.34. The van der Waals surface area contributed by atoms with Gasteiger partial charge in [0.25, 0.3) is 0 Å². The number of ether oxygens (including phenoxy) is 9. The van der Waals surface area contributed by atoms with E-state index >= 15 is 0 Å². The van der Waals surface area contributed by atoms with Crippen molar-refractivity contribution in [2.45, 2.75) is 47.1 Å². The molecule has 4 aromatic rings. The fraction of sp³-hybridized carbons (Fsp3) is 0.462. The Balaban J connectivity index is 0.000000853. The van der Waals surface area contributed by atoms with E-state index < -0.39 is 17.1 Å². The predicted octanol–water partition coefficient (Wildman–Crippen LogP) is 4.44. The molecule has 0 aliphatic heterocycles. The minimum Gasteiger partial charge on any atom is -0.497 e. The predicted molar refractivity (Wildman–Crippen MR) is 208 cm³/mol. The first-order valence-corrected chi connectivity index (χ1v) is 16.0. The topological polar surface area (TPSA) is 149 Å². The monoisotopic (exact) mass is 761 g/mol. The van der Waals surface area contributed by atoms with E-state index in [1.54, 1.807) is 42.7 Å². The first kappa shape index (κ1) is 49.2. The number of hydrogen-bond acceptors (Lipinski definition) is 12. The van der Waals surface area contributed by atoms with E-state index in [9.17, 15) is 14.4 Å². The smallest absolute Gasteiger partial charge is 0.340 e. The third-order valence-electron chi connectivity index (χ3n) is 7.55. The van der Waals surface area contributed by atoms with Crippen LogP contribution in [-0.2, 0) is 48.6 Å². The van der Waals surface area contributed by atoms with Crippen molar-refractivity contribution in [2.24, 2.45) is 0 Å². The number of aromatic nitrogens is 3. The molecule has 54 heavy (non-hydrogen) atoms. The van der Waals surface area contributed by atoms with Crippen molar-refractivity contribution in [3.63, 3.8) is 0 Å². The molecule has 1 heterocycles. The van der Waals surface area contributed by atoms with Crippen molar-refractivity contribution in [3.8, 4) is 17.2 Å². The van der Waals surface area contributed by atoms with Crippen molar-refractivity contribution in [1.82, 2.24) is 13.7 Å². The molecule has 0 fully saturated rings. The van der Waals surface area contributed by atoms with Gasteiger partial charge in [0.15, 0.2) is 0 Å². The Bertz CT molecular complexity index is 1520. The lowest BCUT2D eigenvalue weighted by Gasteiger charge is -2.20. The largest absolute Gasteiger partial charge is 0.497 e. The molecule has 0 amide bonds. The SMILES string of the molecule is C.C.COCC(COC)OC.COCn1c(=O)n(COC)c(=O)n(COC)c1=O.COc1ccc(C(c2ccc(OC)cc2)c2ccc(OC)cc2)cc1. The summed E-state index contributed by atoms with van der Waals surface area (Å²) in [5.41, 5.74) is 1.24. The van der Waals surface area contributed by atoms with Gasteiger partial charge in [0.1, 0.15) is 43.5 Å². The zero-order chi connectivity index (χ0) is 38.5. The Hall–Kier alpha value is -4.77. The first-order chi connectivity index (χ1) is 25.2. The second-order valence-corrected chi connectivity index (χ2v) is 10.9. The average molecular weight is 762 g/mol. The standard InChI is InChI=1S/C22H22O3.C9H15N3O6.C6H14O3.2CH4/c1-23-19-10-4-16(5-11-19)22(17-6-12-20(24-2)13-7-17)18-8-14-21(25-3)15-9-18;1-16-4-10-7(13)11(5-17-2)9(15)12(6-18-3)8(10)14;1-7-4-6(9-3)5-8-2;;/h4-15,22H,1-3H3;4-6H2,1-3H3;6H,4-5H2,1-3H3;2*1H4. The Kier molecular flexibility index (Phi) is 24.5. The maximum absolute atomic E-state index is 11.9. The van der Waals surface area contributed by atoms with Crippen molar-refractivity contribution in [2.75, 3.05) is 77.2 Å². The molecule has 15 heteroatoms. The minimum absolute atomic E-state index is 0. The summed E-state index contributed by atoms with van der Waals surface area (Å²) in [5.74, 6) is 2.69. The molecule has 0 aliphatic carbocycles. The van der Waals surface area contributed by atoms with E-state index in [-0.39, 0.29) is 47.1 Å². The molecular formula is C39H59N3O12. The summed E-state index contributed by atoms with van der Waals surface area (Å²) in [5, 5.41) is 0. The molecule has 3 aromatic carbocycles. The van der Waals surface area contributed by atoms with Crippen LogP contribution < -0.4 is 31.3 Å². The van der Waals surface area contributed by atoms with Gasteiger partial charge in [-0.3, -0.25) is 0 Å². The Morgan fingerprint density at radius 2 is 0.685 bits per heavy atom. The zero-order valence-corrected chi connectivity index (χ0v) is 31.4. The third kappa shape index (κ3) is 14.2. The molecule has 0 radical (unpaired) electrons. The van der Waals surface area contributed by atoms with Crippen LogP contribution in [0.15, 0.2) is 87.2 Å². The van der Waals surface area contributed by atoms with Gasteiger partial charge in [0, 0.05) is 48.6 Å². The molecule has 0 saturated heterocycles. The highest BCUT2D eigenvalue weighted by atomic mass is 16.5. The van der Waals surface area contributed by atoms with Gasteiger partial charge in [0.2, 0.25) is 0 Å². The van der Waals surface area contributed by atoms with Crippen molar-refractivity contribution >= 4 is 0 Å². The van der Waals surface area contributed by atoms with Crippen LogP contribution in [-0.4, -0.2) is 97.0 Å². The summed E-state index contributed by atoms with van der Waals surface area (Å²) in [6, 6.07) is 24.6. The van der Waals surface area contributed by atoms with Crippen LogP contribution in [0.3, 0.4) is 0 Å². The van der Waals surface area contributed by atoms with Gasteiger partial charge >= 0.3 is 17.1 Å². The van der Waals surface area contributed by atoms with Gasteiger partial charge in [-0.2, -0.15) is 0 Å². The van der Waals surface area contributed by atoms with Crippen LogP contribution >= 0.6 is 0 Å². The van der Waals surface area contributed by atoms with Crippen LogP contribution in [0.5, 0.6) is 17.2 Å². The summed E-state index contributed by atoms with van der Waals surface area (Å²) in [6.45, 7) is 0.400. The molecule has 1 aromatic heterocycles. The van der Waals surface area contributed by atoms with Crippen molar-refractivity contribution < 1.29 is 42.6 Å². The molecule has 0 bridgehead atoms. The fourth-order valence-corrected chi connectivity index (χ4v) is 4.92. The maximum Gasteiger partial charge on any atom is 0.340 e. The van der Waals surface area contributed by atoms with Crippen molar-refractivity contribution in [3.05, 3.63) is 121 Å². The molecular weight excluding hydrogens is 702 g/mol. The van der Waals surface area contributed by atoms with Gasteiger partial charge in [-0.1, -0.05) is 51.3 Å². The molecule has 0 N–H and O–H groups in total. The van der Waals surface area contributed by atoms with E-state index in [1.807, 2.05) is 36.4 Å². The number of rotatable bonds is 17. The second kappa shape index (κ2) is 26.9. The van der Waals surface area contributed by atoms with Gasteiger partial charge < -0.3 is 42.6 Å². The summed E-state index contributed by atoms with van der Waals surface area (Å²) in [7, 11) is 14.0. The molecule has 0 spiro atoms. The molecule has 15 nitrogen and oxygen atoms in total. The second-order valence-electron chi connectivity index (χ2n) is 10.9. The van der Waals surface area contributed by atoms with Crippen LogP contribution in [0.25, 0.3) is 0 Å². The average Bonchev–Trinajstić information content (AvgIpc) is 3.18. The normalized spacial score (nSPS) is 10.3. The van der Waals surface area contributed by atoms with Crippen LogP contribution in [0.1, 0.15) is 37.5 Å². The van der Waals surface area contributed by atoms with E-state index in [2.05, 4.69) is 36.4 Å². The summed E-state index contributed by atoms with van der Waals surface area (Å²) >= 11 is 0. The van der Waals surface area contributed by atoms with Crippen LogP contribution in [0, 0.1) is 0 Å². The number of nitrogens with zero attached hydrogens (tertiary/aromatic N) is 3. The van der Waals surface area contributed by atoms with Gasteiger partial charge in [-0.15, -0.1) is 0 Å². The molecule has 0 unspecified atom stereocenters. The number of benzene rings is 3. The zero-order valence-electron chi connectivity index (χ0n) is 31.4. The van der Waals surface area contributed by atoms with Gasteiger partial charge in [-0.25, -0.2) is 28.1 Å². The van der Waals surface area contributed by atoms with E-state index in [4.69, 9.17) is 42.6 Å². The quantitative estimate of drug-likeness (QED) is 0.140. The van der Waals surface area contributed by atoms with Gasteiger partial charge in [0.05, 0.1) is 34.5 Å². The summed E-state index contributed by atoms with van der Waals surface area (Å²) < 4.78 is 47.1. The Labute approximate surface area is 318 Å². The molecule has 0 aliphatic rings. The fourth-order valence-electron chi connectivity index (χ4n) is 4.92. The molecule has 0 atom stereocenters. The first-order valence-electron chi connectivity index (χ1n) is 16.0. The van der Waals surface area contributed by atoms with E-state index in [1.165, 1.54) is 38.0 Å². The summed E-state index contributed by atoms with van der Waals surface area (Å²) in [4.78, 5) is 35.6. The highest BCUT2D eigenvalue weighted by molar-refractivity contribution is 5.46. The van der Waals surface area contributed by atoms with E-state index in [0.717, 1.165) is 30.9 Å². The lowest BCUT2D eigenvalue weighted by Crippen LogP contribution is -2.55. The third-order valence-corrected chi connectivity index (χ3v) is 7.55. The van der Waals surface area contributed by atoms with E-state index in [0.29, 0.717) is 13.2 Å². The molecule has 0 saturated carbocycles.